The Bertz CT molecular complexity index is 798. The van der Waals surface area contributed by atoms with E-state index in [9.17, 15) is 14.7 Å². The van der Waals surface area contributed by atoms with Gasteiger partial charge in [-0.05, 0) is 47.4 Å². The molecule has 0 bridgehead atoms. The largest absolute Gasteiger partial charge is 0.508 e. The van der Waals surface area contributed by atoms with Crippen LogP contribution in [0.5, 0.6) is 5.75 Å². The Kier molecular flexibility index (Phi) is 4.46. The minimum atomic E-state index is -0.377. The predicted molar refractivity (Wildman–Crippen MR) is 94.9 cm³/mol. The van der Waals surface area contributed by atoms with Gasteiger partial charge in [0, 0.05) is 0 Å². The lowest BCUT2D eigenvalue weighted by Crippen LogP contribution is -2.44. The Morgan fingerprint density at radius 1 is 1.26 bits per heavy atom. The number of hydrogen-bond acceptors (Lipinski definition) is 6. The van der Waals surface area contributed by atoms with Gasteiger partial charge in [-0.15, -0.1) is 11.3 Å². The maximum Gasteiger partial charge on any atom is 0.285 e. The molecule has 1 aromatic carbocycles. The number of hydrogen-bond donors (Lipinski definition) is 2. The van der Waals surface area contributed by atoms with Crippen LogP contribution in [0, 0.1) is 0 Å². The molecule has 1 aliphatic heterocycles. The molecule has 1 aliphatic rings. The Balaban J connectivity index is 1.77. The van der Waals surface area contributed by atoms with Gasteiger partial charge < -0.3 is 5.11 Å². The molecule has 0 aliphatic carbocycles. The zero-order valence-corrected chi connectivity index (χ0v) is 14.0. The van der Waals surface area contributed by atoms with Crippen LogP contribution in [0.25, 0.3) is 6.08 Å². The highest BCUT2D eigenvalue weighted by Gasteiger charge is 2.33. The third kappa shape index (κ3) is 3.44. The van der Waals surface area contributed by atoms with Gasteiger partial charge in [0.2, 0.25) is 0 Å². The summed E-state index contributed by atoms with van der Waals surface area (Å²) in [5.74, 6) is -0.599. The standard InChI is InChI=1S/C15H10N2O3S3/c18-10-5-3-9(4-6-10)8-12-14(20)17(15(21)23-12)16-13(19)11-2-1-7-22-11/h1-8,18H,(H,16,19)/b12-8+. The lowest BCUT2D eigenvalue weighted by Gasteiger charge is -2.14. The average molecular weight is 362 g/mol. The molecule has 1 saturated heterocycles. The molecule has 3 rings (SSSR count). The number of phenols is 1. The van der Waals surface area contributed by atoms with Crippen LogP contribution < -0.4 is 5.43 Å². The maximum absolute atomic E-state index is 12.4. The minimum absolute atomic E-state index is 0.151. The van der Waals surface area contributed by atoms with Crippen molar-refractivity contribution in [1.82, 2.24) is 10.4 Å². The van der Waals surface area contributed by atoms with Crippen molar-refractivity contribution in [1.29, 1.82) is 0 Å². The fraction of sp³-hybridized carbons (Fsp3) is 0. The summed E-state index contributed by atoms with van der Waals surface area (Å²) in [6.45, 7) is 0. The van der Waals surface area contributed by atoms with Crippen LogP contribution in [0.3, 0.4) is 0 Å². The second-order valence-electron chi connectivity index (χ2n) is 4.53. The molecule has 0 radical (unpaired) electrons. The van der Waals surface area contributed by atoms with Crippen molar-refractivity contribution in [2.45, 2.75) is 0 Å². The molecule has 1 fully saturated rings. The first-order valence-corrected chi connectivity index (χ1v) is 8.56. The number of amides is 2. The molecule has 0 spiro atoms. The first-order chi connectivity index (χ1) is 11.0. The highest BCUT2D eigenvalue weighted by Crippen LogP contribution is 2.31. The van der Waals surface area contributed by atoms with E-state index in [4.69, 9.17) is 12.2 Å². The number of phenolic OH excluding ortho intramolecular Hbond substituents is 1. The number of aromatic hydroxyl groups is 1. The van der Waals surface area contributed by atoms with Gasteiger partial charge in [-0.3, -0.25) is 15.0 Å². The van der Waals surface area contributed by atoms with Crippen molar-refractivity contribution in [3.63, 3.8) is 0 Å². The SMILES string of the molecule is O=C(NN1C(=O)/C(=C\c2ccc(O)cc2)SC1=S)c1cccs1. The monoisotopic (exact) mass is 362 g/mol. The number of thiocarbonyl (C=S) groups is 1. The zero-order valence-electron chi connectivity index (χ0n) is 11.6. The van der Waals surface area contributed by atoms with Crippen LogP contribution in [-0.4, -0.2) is 26.3 Å². The highest BCUT2D eigenvalue weighted by molar-refractivity contribution is 8.26. The lowest BCUT2D eigenvalue weighted by atomic mass is 10.2. The van der Waals surface area contributed by atoms with E-state index in [1.807, 2.05) is 0 Å². The molecule has 23 heavy (non-hydrogen) atoms. The average Bonchev–Trinajstić information content (AvgIpc) is 3.14. The maximum atomic E-state index is 12.4. The molecule has 2 N–H and O–H groups in total. The summed E-state index contributed by atoms with van der Waals surface area (Å²) in [5.41, 5.74) is 3.28. The number of nitrogens with one attached hydrogen (secondary N) is 1. The number of thiophene rings is 1. The molecule has 2 amide bonds. The number of hydrazine groups is 1. The van der Waals surface area contributed by atoms with E-state index >= 15 is 0 Å². The van der Waals surface area contributed by atoms with Crippen molar-refractivity contribution >= 4 is 57.5 Å². The van der Waals surface area contributed by atoms with Crippen LogP contribution in [-0.2, 0) is 4.79 Å². The van der Waals surface area contributed by atoms with E-state index in [-0.39, 0.29) is 21.9 Å². The molecule has 2 aromatic rings. The van der Waals surface area contributed by atoms with Crippen LogP contribution in [0.15, 0.2) is 46.7 Å². The van der Waals surface area contributed by atoms with Crippen molar-refractivity contribution < 1.29 is 14.7 Å². The molecule has 2 heterocycles. The molecular formula is C15H10N2O3S3. The normalized spacial score (nSPS) is 16.2. The van der Waals surface area contributed by atoms with E-state index in [0.717, 1.165) is 22.3 Å². The zero-order chi connectivity index (χ0) is 16.4. The second kappa shape index (κ2) is 6.53. The molecule has 0 saturated carbocycles. The summed E-state index contributed by atoms with van der Waals surface area (Å²) in [4.78, 5) is 25.3. The number of thioether (sulfide) groups is 1. The van der Waals surface area contributed by atoms with Gasteiger partial charge in [0.15, 0.2) is 4.32 Å². The van der Waals surface area contributed by atoms with Gasteiger partial charge in [0.25, 0.3) is 11.8 Å². The van der Waals surface area contributed by atoms with Gasteiger partial charge in [-0.2, -0.15) is 5.01 Å². The van der Waals surface area contributed by atoms with E-state index in [1.165, 1.54) is 23.5 Å². The number of carbonyl (C=O) groups excluding carboxylic acids is 2. The molecule has 0 atom stereocenters. The second-order valence-corrected chi connectivity index (χ2v) is 7.15. The van der Waals surface area contributed by atoms with E-state index < -0.39 is 0 Å². The molecule has 116 valence electrons. The van der Waals surface area contributed by atoms with Gasteiger partial charge in [-0.1, -0.05) is 30.0 Å². The van der Waals surface area contributed by atoms with Crippen molar-refractivity contribution in [2.75, 3.05) is 0 Å². The first kappa shape index (κ1) is 15.7. The number of rotatable bonds is 3. The summed E-state index contributed by atoms with van der Waals surface area (Å²) in [6.07, 6.45) is 1.66. The number of carbonyl (C=O) groups is 2. The summed E-state index contributed by atoms with van der Waals surface area (Å²) in [5, 5.41) is 12.1. The quantitative estimate of drug-likeness (QED) is 0.649. The Morgan fingerprint density at radius 3 is 2.65 bits per heavy atom. The Hall–Kier alpha value is -2.16. The van der Waals surface area contributed by atoms with Gasteiger partial charge in [-0.25, -0.2) is 0 Å². The fourth-order valence-electron chi connectivity index (χ4n) is 1.85. The van der Waals surface area contributed by atoms with E-state index in [1.54, 1.807) is 35.7 Å². The van der Waals surface area contributed by atoms with Gasteiger partial charge in [0.1, 0.15) is 5.75 Å². The fourth-order valence-corrected chi connectivity index (χ4v) is 3.64. The van der Waals surface area contributed by atoms with Crippen LogP contribution in [0.2, 0.25) is 0 Å². The first-order valence-electron chi connectivity index (χ1n) is 6.46. The molecule has 0 unspecified atom stereocenters. The number of benzene rings is 1. The van der Waals surface area contributed by atoms with Gasteiger partial charge >= 0.3 is 0 Å². The summed E-state index contributed by atoms with van der Waals surface area (Å²) < 4.78 is 0.268. The van der Waals surface area contributed by atoms with Crippen LogP contribution in [0.4, 0.5) is 0 Å². The molecule has 8 heteroatoms. The van der Waals surface area contributed by atoms with E-state index in [0.29, 0.717) is 9.78 Å². The Labute approximate surface area is 145 Å². The topological polar surface area (TPSA) is 69.6 Å². The Morgan fingerprint density at radius 2 is 2.00 bits per heavy atom. The van der Waals surface area contributed by atoms with Crippen molar-refractivity contribution in [3.8, 4) is 5.75 Å². The smallest absolute Gasteiger partial charge is 0.285 e. The summed E-state index contributed by atoms with van der Waals surface area (Å²) >= 11 is 7.55. The minimum Gasteiger partial charge on any atom is -0.508 e. The summed E-state index contributed by atoms with van der Waals surface area (Å²) in [7, 11) is 0. The third-order valence-corrected chi connectivity index (χ3v) is 5.11. The lowest BCUT2D eigenvalue weighted by molar-refractivity contribution is -0.123. The van der Waals surface area contributed by atoms with E-state index in [2.05, 4.69) is 5.43 Å². The van der Waals surface area contributed by atoms with Crippen LogP contribution >= 0.6 is 35.3 Å². The summed E-state index contributed by atoms with van der Waals surface area (Å²) in [6, 6.07) is 9.87. The predicted octanol–water partition coefficient (Wildman–Crippen LogP) is 3.00. The third-order valence-electron chi connectivity index (χ3n) is 2.94. The highest BCUT2D eigenvalue weighted by atomic mass is 32.2. The number of nitrogens with zero attached hydrogens (tertiary/aromatic N) is 1. The molecule has 1 aromatic heterocycles. The molecule has 5 nitrogen and oxygen atoms in total. The van der Waals surface area contributed by atoms with Crippen molar-refractivity contribution in [2.24, 2.45) is 0 Å². The van der Waals surface area contributed by atoms with Crippen LogP contribution in [0.1, 0.15) is 15.2 Å². The van der Waals surface area contributed by atoms with Crippen molar-refractivity contribution in [3.05, 3.63) is 57.1 Å². The molecular weight excluding hydrogens is 352 g/mol. The van der Waals surface area contributed by atoms with Gasteiger partial charge in [0.05, 0.1) is 9.78 Å².